The molecule has 0 aromatic rings. The van der Waals surface area contributed by atoms with Crippen LogP contribution in [0.5, 0.6) is 0 Å². The zero-order chi connectivity index (χ0) is 27.4. The number of ether oxygens (including phenoxy) is 2. The van der Waals surface area contributed by atoms with E-state index in [0.717, 1.165) is 19.3 Å². The van der Waals surface area contributed by atoms with Gasteiger partial charge in [-0.05, 0) is 26.2 Å². The SMILES string of the molecule is CCCCCN1C/C=C\CCC(=O)NC[C@H](C)OC(=O)[C@@H]2[C@H]3C(=O)N([C@@H](CC)CO)[C@H](C1=O)[C@]31C=C[C@H]2O1. The highest BCUT2D eigenvalue weighted by Gasteiger charge is 2.74. The van der Waals surface area contributed by atoms with Crippen molar-refractivity contribution in [2.24, 2.45) is 11.8 Å². The maximum atomic E-state index is 14.3. The van der Waals surface area contributed by atoms with E-state index >= 15 is 0 Å². The Hall–Kier alpha value is -2.72. The minimum Gasteiger partial charge on any atom is -0.460 e. The molecule has 0 aliphatic carbocycles. The fourth-order valence-electron chi connectivity index (χ4n) is 6.18. The molecule has 3 amide bonds. The Labute approximate surface area is 224 Å². The summed E-state index contributed by atoms with van der Waals surface area (Å²) in [5, 5.41) is 13.0. The Balaban J connectivity index is 1.76. The summed E-state index contributed by atoms with van der Waals surface area (Å²) < 4.78 is 12.0. The highest BCUT2D eigenvalue weighted by atomic mass is 16.6. The zero-order valence-electron chi connectivity index (χ0n) is 22.6. The monoisotopic (exact) mass is 531 g/mol. The van der Waals surface area contributed by atoms with Crippen molar-refractivity contribution in [1.29, 1.82) is 0 Å². The third kappa shape index (κ3) is 5.12. The van der Waals surface area contributed by atoms with E-state index < -0.39 is 47.7 Å². The van der Waals surface area contributed by atoms with Gasteiger partial charge in [-0.3, -0.25) is 19.2 Å². The topological polar surface area (TPSA) is 125 Å². The molecule has 0 aromatic carbocycles. The summed E-state index contributed by atoms with van der Waals surface area (Å²) in [6.45, 7) is 6.33. The van der Waals surface area contributed by atoms with E-state index in [1.54, 1.807) is 24.0 Å². The molecule has 5 bridgehead atoms. The van der Waals surface area contributed by atoms with Crippen LogP contribution < -0.4 is 5.32 Å². The van der Waals surface area contributed by atoms with Crippen molar-refractivity contribution in [2.45, 2.75) is 89.2 Å². The van der Waals surface area contributed by atoms with Crippen molar-refractivity contribution < 1.29 is 33.8 Å². The molecule has 0 aromatic heterocycles. The number of rotatable bonds is 7. The Bertz CT molecular complexity index is 977. The van der Waals surface area contributed by atoms with E-state index in [9.17, 15) is 24.3 Å². The Morgan fingerprint density at radius 2 is 1.95 bits per heavy atom. The number of amides is 3. The van der Waals surface area contributed by atoms with Crippen LogP contribution in [-0.4, -0.2) is 94.7 Å². The molecule has 10 heteroatoms. The van der Waals surface area contributed by atoms with Crippen LogP contribution in [-0.2, 0) is 28.7 Å². The molecular weight excluding hydrogens is 490 g/mol. The molecule has 210 valence electrons. The molecule has 2 N–H and O–H groups in total. The summed E-state index contributed by atoms with van der Waals surface area (Å²) in [5.74, 6) is -3.21. The first-order valence-corrected chi connectivity index (χ1v) is 14.0. The van der Waals surface area contributed by atoms with Gasteiger partial charge in [-0.1, -0.05) is 51.0 Å². The smallest absolute Gasteiger partial charge is 0.313 e. The number of carbonyl (C=O) groups excluding carboxylic acids is 4. The normalized spacial score (nSPS) is 35.3. The zero-order valence-corrected chi connectivity index (χ0v) is 22.6. The van der Waals surface area contributed by atoms with Crippen molar-refractivity contribution in [3.05, 3.63) is 24.3 Å². The quantitative estimate of drug-likeness (QED) is 0.288. The van der Waals surface area contributed by atoms with Gasteiger partial charge in [0.1, 0.15) is 23.7 Å². The Morgan fingerprint density at radius 3 is 2.66 bits per heavy atom. The van der Waals surface area contributed by atoms with Crippen LogP contribution in [0.15, 0.2) is 24.3 Å². The van der Waals surface area contributed by atoms with E-state index in [4.69, 9.17) is 9.47 Å². The van der Waals surface area contributed by atoms with Crippen molar-refractivity contribution in [1.82, 2.24) is 15.1 Å². The molecule has 4 aliphatic rings. The number of nitrogens with zero attached hydrogens (tertiary/aromatic N) is 2. The van der Waals surface area contributed by atoms with E-state index in [0.29, 0.717) is 25.9 Å². The fraction of sp³-hybridized carbons (Fsp3) is 0.714. The van der Waals surface area contributed by atoms with E-state index in [1.807, 2.05) is 19.1 Å². The molecule has 38 heavy (non-hydrogen) atoms. The van der Waals surface area contributed by atoms with Crippen molar-refractivity contribution in [2.75, 3.05) is 26.2 Å². The fourth-order valence-corrected chi connectivity index (χ4v) is 6.18. The predicted molar refractivity (Wildman–Crippen MR) is 139 cm³/mol. The van der Waals surface area contributed by atoms with Gasteiger partial charge in [0.05, 0.1) is 31.2 Å². The number of esters is 1. The van der Waals surface area contributed by atoms with Crippen molar-refractivity contribution in [3.63, 3.8) is 0 Å². The summed E-state index contributed by atoms with van der Waals surface area (Å²) in [6.07, 6.45) is 10.0. The molecule has 0 radical (unpaired) electrons. The Kier molecular flexibility index (Phi) is 8.92. The number of aliphatic hydroxyl groups is 1. The maximum Gasteiger partial charge on any atom is 0.313 e. The van der Waals surface area contributed by atoms with Gasteiger partial charge in [-0.25, -0.2) is 0 Å². The van der Waals surface area contributed by atoms with Gasteiger partial charge >= 0.3 is 5.97 Å². The van der Waals surface area contributed by atoms with Gasteiger partial charge in [0, 0.05) is 19.5 Å². The minimum absolute atomic E-state index is 0.151. The number of likely N-dealkylation sites (tertiary alicyclic amines) is 1. The van der Waals surface area contributed by atoms with Crippen LogP contribution >= 0.6 is 0 Å². The predicted octanol–water partition coefficient (Wildman–Crippen LogP) is 1.32. The molecule has 1 spiro atoms. The second kappa shape index (κ2) is 12.0. The molecule has 2 fully saturated rings. The molecule has 4 heterocycles. The minimum atomic E-state index is -1.30. The number of cyclic esters (lactones) is 1. The van der Waals surface area contributed by atoms with Crippen LogP contribution in [0.2, 0.25) is 0 Å². The highest BCUT2D eigenvalue weighted by molar-refractivity contribution is 5.99. The van der Waals surface area contributed by atoms with Crippen LogP contribution in [0.1, 0.15) is 59.3 Å². The summed E-state index contributed by atoms with van der Waals surface area (Å²) in [5.41, 5.74) is -1.30. The molecule has 4 rings (SSSR count). The van der Waals surface area contributed by atoms with Crippen LogP contribution in [0.25, 0.3) is 0 Å². The number of unbranched alkanes of at least 4 members (excludes halogenated alkanes) is 2. The van der Waals surface area contributed by atoms with Gasteiger partial charge < -0.3 is 29.7 Å². The molecule has 2 saturated heterocycles. The standard InChI is InChI=1S/C28H41N3O7/c1-4-6-9-14-30-15-10-7-8-11-21(33)29-16-18(3)37-27(36)22-20-12-13-28(38-20)23(22)25(34)31(19(5-2)17-32)24(28)26(30)35/h7,10,12-13,18-20,22-24,32H,4-6,8-9,11,14-17H2,1-3H3,(H,29,33)/b10-7-/t18-,19-,20+,22-,23-,24+,28-/m0/s1. The number of fused-ring (bicyclic) bond motifs is 2. The number of allylic oxidation sites excluding steroid dienone is 1. The summed E-state index contributed by atoms with van der Waals surface area (Å²) >= 11 is 0. The van der Waals surface area contributed by atoms with Crippen LogP contribution in [0.4, 0.5) is 0 Å². The highest BCUT2D eigenvalue weighted by Crippen LogP contribution is 2.56. The average Bonchev–Trinajstić information content (AvgIpc) is 3.54. The van der Waals surface area contributed by atoms with E-state index in [2.05, 4.69) is 12.2 Å². The van der Waals surface area contributed by atoms with Crippen LogP contribution in [0.3, 0.4) is 0 Å². The Morgan fingerprint density at radius 1 is 1.16 bits per heavy atom. The summed E-state index contributed by atoms with van der Waals surface area (Å²) in [4.78, 5) is 57.2. The van der Waals surface area contributed by atoms with Gasteiger partial charge in [0.25, 0.3) is 0 Å². The number of hydrogen-bond acceptors (Lipinski definition) is 7. The van der Waals surface area contributed by atoms with Crippen molar-refractivity contribution in [3.8, 4) is 0 Å². The third-order valence-electron chi connectivity index (χ3n) is 8.17. The maximum absolute atomic E-state index is 14.3. The van der Waals surface area contributed by atoms with Gasteiger partial charge in [0.2, 0.25) is 17.7 Å². The van der Waals surface area contributed by atoms with Crippen LogP contribution in [0, 0.1) is 11.8 Å². The lowest BCUT2D eigenvalue weighted by Gasteiger charge is -2.38. The molecule has 7 atom stereocenters. The molecule has 4 aliphatic heterocycles. The lowest BCUT2D eigenvalue weighted by atomic mass is 9.74. The number of nitrogens with one attached hydrogen (secondary N) is 1. The number of hydrogen-bond donors (Lipinski definition) is 2. The molecule has 0 unspecified atom stereocenters. The first-order chi connectivity index (χ1) is 18.3. The first-order valence-electron chi connectivity index (χ1n) is 14.0. The second-order valence-corrected chi connectivity index (χ2v) is 10.7. The van der Waals surface area contributed by atoms with Gasteiger partial charge in [-0.2, -0.15) is 0 Å². The lowest BCUT2D eigenvalue weighted by Crippen LogP contribution is -2.58. The van der Waals surface area contributed by atoms with Crippen molar-refractivity contribution >= 4 is 23.7 Å². The number of carbonyl (C=O) groups is 4. The largest absolute Gasteiger partial charge is 0.460 e. The average molecular weight is 532 g/mol. The van der Waals surface area contributed by atoms with E-state index in [1.165, 1.54) is 4.90 Å². The van der Waals surface area contributed by atoms with Gasteiger partial charge in [0.15, 0.2) is 0 Å². The number of aliphatic hydroxyl groups excluding tert-OH is 1. The first kappa shape index (κ1) is 28.3. The second-order valence-electron chi connectivity index (χ2n) is 10.7. The molecule has 0 saturated carbocycles. The van der Waals surface area contributed by atoms with E-state index in [-0.39, 0.29) is 37.3 Å². The third-order valence-corrected chi connectivity index (χ3v) is 8.17. The lowest BCUT2D eigenvalue weighted by molar-refractivity contribution is -0.159. The molecular formula is C28H41N3O7. The molecule has 10 nitrogen and oxygen atoms in total. The summed E-state index contributed by atoms with van der Waals surface area (Å²) in [6, 6.07) is -1.58. The van der Waals surface area contributed by atoms with Gasteiger partial charge in [-0.15, -0.1) is 0 Å². The summed E-state index contributed by atoms with van der Waals surface area (Å²) in [7, 11) is 0.